The molecule has 0 aromatic carbocycles. The largest absolute Gasteiger partial charge is 0.261 e. The first-order valence-electron chi connectivity index (χ1n) is 4.55. The van der Waals surface area contributed by atoms with E-state index in [4.69, 9.17) is 0 Å². The van der Waals surface area contributed by atoms with Gasteiger partial charge in [-0.15, -0.1) is 0 Å². The molecule has 1 nitrogen and oxygen atoms in total. The van der Waals surface area contributed by atoms with Crippen LogP contribution in [0.5, 0.6) is 0 Å². The summed E-state index contributed by atoms with van der Waals surface area (Å²) in [5, 5.41) is 0. The summed E-state index contributed by atoms with van der Waals surface area (Å²) in [5.74, 6) is 0. The molecule has 1 heteroatoms. The highest BCUT2D eigenvalue weighted by Gasteiger charge is 2.39. The highest BCUT2D eigenvalue weighted by atomic mass is 14.7. The summed E-state index contributed by atoms with van der Waals surface area (Å²) in [4.78, 5) is 4.39. The van der Waals surface area contributed by atoms with Crippen LogP contribution in [0.3, 0.4) is 0 Å². The molecule has 12 heavy (non-hydrogen) atoms. The Bertz CT molecular complexity index is 311. The summed E-state index contributed by atoms with van der Waals surface area (Å²) in [7, 11) is 0. The Hall–Kier alpha value is -0.850. The normalized spacial score (nSPS) is 19.2. The van der Waals surface area contributed by atoms with Gasteiger partial charge in [-0.1, -0.05) is 13.0 Å². The lowest BCUT2D eigenvalue weighted by atomic mass is 9.98. The van der Waals surface area contributed by atoms with Crippen molar-refractivity contribution < 1.29 is 0 Å². The van der Waals surface area contributed by atoms with E-state index in [9.17, 15) is 0 Å². The molecule has 1 fully saturated rings. The van der Waals surface area contributed by atoms with Crippen LogP contribution in [-0.2, 0) is 5.41 Å². The molecule has 0 amide bonds. The first kappa shape index (κ1) is 7.78. The molecule has 0 spiro atoms. The summed E-state index contributed by atoms with van der Waals surface area (Å²) in [5.41, 5.74) is 4.36. The van der Waals surface area contributed by atoms with Crippen molar-refractivity contribution in [2.45, 2.75) is 39.0 Å². The Morgan fingerprint density at radius 3 is 2.50 bits per heavy atom. The summed E-state index contributed by atoms with van der Waals surface area (Å²) < 4.78 is 0. The quantitative estimate of drug-likeness (QED) is 0.617. The molecule has 1 aliphatic rings. The SMILES string of the molecule is Cc1cc(C2(C)CC2)cnc1C. The van der Waals surface area contributed by atoms with Crippen LogP contribution in [-0.4, -0.2) is 4.98 Å². The van der Waals surface area contributed by atoms with Crippen molar-refractivity contribution >= 4 is 0 Å². The molecule has 64 valence electrons. The molecule has 0 radical (unpaired) electrons. The molecule has 0 aliphatic heterocycles. The van der Waals surface area contributed by atoms with Gasteiger partial charge in [-0.2, -0.15) is 0 Å². The van der Waals surface area contributed by atoms with Crippen LogP contribution in [0, 0.1) is 13.8 Å². The van der Waals surface area contributed by atoms with Gasteiger partial charge in [0.25, 0.3) is 0 Å². The van der Waals surface area contributed by atoms with Crippen molar-refractivity contribution in [1.82, 2.24) is 4.98 Å². The zero-order valence-corrected chi connectivity index (χ0v) is 8.02. The fourth-order valence-corrected chi connectivity index (χ4v) is 1.45. The Balaban J connectivity index is 2.41. The number of nitrogens with zero attached hydrogens (tertiary/aromatic N) is 1. The molecule has 2 rings (SSSR count). The smallest absolute Gasteiger partial charge is 0.0401 e. The van der Waals surface area contributed by atoms with Crippen molar-refractivity contribution in [2.75, 3.05) is 0 Å². The van der Waals surface area contributed by atoms with Gasteiger partial charge in [-0.25, -0.2) is 0 Å². The molecule has 1 aromatic rings. The number of hydrogen-bond acceptors (Lipinski definition) is 1. The number of hydrogen-bond donors (Lipinski definition) is 0. The van der Waals surface area contributed by atoms with Crippen LogP contribution in [0.15, 0.2) is 12.3 Å². The van der Waals surface area contributed by atoms with Crippen LogP contribution >= 0.6 is 0 Å². The second kappa shape index (κ2) is 2.32. The topological polar surface area (TPSA) is 12.9 Å². The Labute approximate surface area is 73.8 Å². The van der Waals surface area contributed by atoms with Gasteiger partial charge in [0.2, 0.25) is 0 Å². The fourth-order valence-electron chi connectivity index (χ4n) is 1.45. The van der Waals surface area contributed by atoms with Gasteiger partial charge in [0, 0.05) is 11.9 Å². The van der Waals surface area contributed by atoms with E-state index < -0.39 is 0 Å². The fraction of sp³-hybridized carbons (Fsp3) is 0.545. The Morgan fingerprint density at radius 1 is 1.33 bits per heavy atom. The number of rotatable bonds is 1. The number of aryl methyl sites for hydroxylation is 2. The molecule has 0 bridgehead atoms. The lowest BCUT2D eigenvalue weighted by Crippen LogP contribution is -2.01. The average molecular weight is 161 g/mol. The zero-order chi connectivity index (χ0) is 8.77. The minimum atomic E-state index is 0.464. The van der Waals surface area contributed by atoms with Crippen LogP contribution in [0.4, 0.5) is 0 Å². The van der Waals surface area contributed by atoms with Gasteiger partial charge in [0.05, 0.1) is 0 Å². The van der Waals surface area contributed by atoms with E-state index in [0.29, 0.717) is 5.41 Å². The number of aromatic nitrogens is 1. The zero-order valence-electron chi connectivity index (χ0n) is 8.02. The van der Waals surface area contributed by atoms with Gasteiger partial charge in [0.15, 0.2) is 0 Å². The monoisotopic (exact) mass is 161 g/mol. The molecule has 0 saturated heterocycles. The lowest BCUT2D eigenvalue weighted by molar-refractivity contribution is 0.777. The third-order valence-electron chi connectivity index (χ3n) is 3.04. The van der Waals surface area contributed by atoms with E-state index in [-0.39, 0.29) is 0 Å². The lowest BCUT2D eigenvalue weighted by Gasteiger charge is -2.09. The van der Waals surface area contributed by atoms with Crippen molar-refractivity contribution in [3.05, 3.63) is 29.1 Å². The summed E-state index contributed by atoms with van der Waals surface area (Å²) in [6.07, 6.45) is 4.70. The predicted molar refractivity (Wildman–Crippen MR) is 50.3 cm³/mol. The van der Waals surface area contributed by atoms with Gasteiger partial charge >= 0.3 is 0 Å². The number of pyridine rings is 1. The minimum absolute atomic E-state index is 0.464. The maximum Gasteiger partial charge on any atom is 0.0401 e. The van der Waals surface area contributed by atoms with E-state index in [2.05, 4.69) is 31.8 Å². The Kier molecular flexibility index (Phi) is 1.50. The summed E-state index contributed by atoms with van der Waals surface area (Å²) in [6.45, 7) is 6.52. The van der Waals surface area contributed by atoms with Crippen molar-refractivity contribution in [3.8, 4) is 0 Å². The third-order valence-corrected chi connectivity index (χ3v) is 3.04. The van der Waals surface area contributed by atoms with Gasteiger partial charge in [-0.3, -0.25) is 4.98 Å². The standard InChI is InChI=1S/C11H15N/c1-8-6-10(7-12-9(8)2)11(3)4-5-11/h6-7H,4-5H2,1-3H3. The molecule has 1 aromatic heterocycles. The van der Waals surface area contributed by atoms with Crippen LogP contribution < -0.4 is 0 Å². The van der Waals surface area contributed by atoms with Gasteiger partial charge < -0.3 is 0 Å². The highest BCUT2D eigenvalue weighted by Crippen LogP contribution is 2.47. The molecular weight excluding hydrogens is 146 g/mol. The second-order valence-electron chi connectivity index (χ2n) is 4.19. The van der Waals surface area contributed by atoms with E-state index >= 15 is 0 Å². The molecule has 1 saturated carbocycles. The van der Waals surface area contributed by atoms with Crippen molar-refractivity contribution in [1.29, 1.82) is 0 Å². The third kappa shape index (κ3) is 1.13. The van der Waals surface area contributed by atoms with Crippen molar-refractivity contribution in [3.63, 3.8) is 0 Å². The van der Waals surface area contributed by atoms with E-state index in [1.165, 1.54) is 24.0 Å². The molecule has 0 N–H and O–H groups in total. The van der Waals surface area contributed by atoms with Crippen LogP contribution in [0.1, 0.15) is 36.6 Å². The van der Waals surface area contributed by atoms with E-state index in [0.717, 1.165) is 5.69 Å². The Morgan fingerprint density at radius 2 is 2.00 bits per heavy atom. The van der Waals surface area contributed by atoms with Gasteiger partial charge in [-0.05, 0) is 43.2 Å². The first-order chi connectivity index (χ1) is 5.62. The van der Waals surface area contributed by atoms with E-state index in [1.54, 1.807) is 0 Å². The van der Waals surface area contributed by atoms with Crippen LogP contribution in [0.25, 0.3) is 0 Å². The summed E-state index contributed by atoms with van der Waals surface area (Å²) >= 11 is 0. The highest BCUT2D eigenvalue weighted by molar-refractivity contribution is 5.32. The van der Waals surface area contributed by atoms with Crippen molar-refractivity contribution in [2.24, 2.45) is 0 Å². The molecular formula is C11H15N. The predicted octanol–water partition coefficient (Wildman–Crippen LogP) is 2.75. The second-order valence-corrected chi connectivity index (χ2v) is 4.19. The first-order valence-corrected chi connectivity index (χ1v) is 4.55. The van der Waals surface area contributed by atoms with Crippen LogP contribution in [0.2, 0.25) is 0 Å². The molecule has 1 aliphatic carbocycles. The van der Waals surface area contributed by atoms with Gasteiger partial charge in [0.1, 0.15) is 0 Å². The molecule has 1 heterocycles. The molecule has 0 unspecified atom stereocenters. The maximum absolute atomic E-state index is 4.39. The average Bonchev–Trinajstić information content (AvgIpc) is 2.75. The molecule has 0 atom stereocenters. The van der Waals surface area contributed by atoms with E-state index in [1.807, 2.05) is 6.20 Å². The maximum atomic E-state index is 4.39. The summed E-state index contributed by atoms with van der Waals surface area (Å²) in [6, 6.07) is 2.29. The minimum Gasteiger partial charge on any atom is -0.261 e.